The van der Waals surface area contributed by atoms with Crippen LogP contribution in [0.1, 0.15) is 12.5 Å². The van der Waals surface area contributed by atoms with E-state index >= 15 is 0 Å². The molecule has 3 rings (SSSR count). The zero-order valence-electron chi connectivity index (χ0n) is 17.1. The first kappa shape index (κ1) is 22.4. The Morgan fingerprint density at radius 3 is 2.74 bits per heavy atom. The van der Waals surface area contributed by atoms with Crippen molar-refractivity contribution in [2.75, 3.05) is 18.4 Å². The molecule has 2 aromatic rings. The van der Waals surface area contributed by atoms with Crippen molar-refractivity contribution in [2.24, 2.45) is 0 Å². The van der Waals surface area contributed by atoms with Gasteiger partial charge in [0, 0.05) is 37.7 Å². The van der Waals surface area contributed by atoms with Crippen LogP contribution in [-0.2, 0) is 21.2 Å². The smallest absolute Gasteiger partial charge is 0.319 e. The molecule has 2 heterocycles. The Bertz CT molecular complexity index is 1040. The van der Waals surface area contributed by atoms with Gasteiger partial charge in [0.2, 0.25) is 5.91 Å². The normalized spacial score (nSPS) is 18.0. The summed E-state index contributed by atoms with van der Waals surface area (Å²) in [5.74, 6) is -0.217. The van der Waals surface area contributed by atoms with E-state index in [9.17, 15) is 18.0 Å². The molecular formula is C21H25N5O4S. The SMILES string of the molecule is C=CC(N1CCNC(=O)C1C)S(=O)(=O)c1ccc(NC(=O)NCc2cccnc2)cc1. The van der Waals surface area contributed by atoms with Gasteiger partial charge in [-0.15, -0.1) is 6.58 Å². The molecule has 31 heavy (non-hydrogen) atoms. The first-order chi connectivity index (χ1) is 14.8. The molecule has 1 saturated heterocycles. The summed E-state index contributed by atoms with van der Waals surface area (Å²) < 4.78 is 26.3. The molecule has 2 unspecified atom stereocenters. The lowest BCUT2D eigenvalue weighted by atomic mass is 10.2. The average Bonchev–Trinajstić information content (AvgIpc) is 2.77. The Balaban J connectivity index is 1.67. The summed E-state index contributed by atoms with van der Waals surface area (Å²) in [4.78, 5) is 29.7. The van der Waals surface area contributed by atoms with Crippen LogP contribution >= 0.6 is 0 Å². The van der Waals surface area contributed by atoms with E-state index in [4.69, 9.17) is 0 Å². The fraction of sp³-hybridized carbons (Fsp3) is 0.286. The van der Waals surface area contributed by atoms with Crippen molar-refractivity contribution < 1.29 is 18.0 Å². The van der Waals surface area contributed by atoms with Crippen LogP contribution in [0, 0.1) is 0 Å². The third-order valence-electron chi connectivity index (χ3n) is 5.01. The van der Waals surface area contributed by atoms with E-state index < -0.39 is 27.3 Å². The van der Waals surface area contributed by atoms with Gasteiger partial charge in [-0.3, -0.25) is 14.7 Å². The van der Waals surface area contributed by atoms with E-state index in [-0.39, 0.29) is 10.8 Å². The number of carbonyl (C=O) groups is 2. The van der Waals surface area contributed by atoms with Gasteiger partial charge < -0.3 is 16.0 Å². The molecule has 0 aliphatic carbocycles. The Morgan fingerprint density at radius 1 is 1.35 bits per heavy atom. The number of urea groups is 1. The molecule has 164 valence electrons. The van der Waals surface area contributed by atoms with Crippen LogP contribution in [0.5, 0.6) is 0 Å². The maximum absolute atomic E-state index is 13.2. The molecule has 0 bridgehead atoms. The summed E-state index contributed by atoms with van der Waals surface area (Å²) in [6, 6.07) is 8.50. The second-order valence-corrected chi connectivity index (χ2v) is 9.11. The van der Waals surface area contributed by atoms with Gasteiger partial charge in [-0.2, -0.15) is 0 Å². The van der Waals surface area contributed by atoms with Gasteiger partial charge in [0.25, 0.3) is 0 Å². The van der Waals surface area contributed by atoms with Crippen LogP contribution in [0.15, 0.2) is 66.3 Å². The van der Waals surface area contributed by atoms with Gasteiger partial charge >= 0.3 is 6.03 Å². The molecule has 1 aliphatic heterocycles. The molecule has 1 aliphatic rings. The molecule has 9 nitrogen and oxygen atoms in total. The molecule has 1 fully saturated rings. The number of hydrogen-bond acceptors (Lipinski definition) is 6. The van der Waals surface area contributed by atoms with E-state index in [1.807, 2.05) is 6.07 Å². The topological polar surface area (TPSA) is 121 Å². The quantitative estimate of drug-likeness (QED) is 0.558. The van der Waals surface area contributed by atoms with Gasteiger partial charge in [-0.1, -0.05) is 12.1 Å². The number of piperazine rings is 1. The standard InChI is InChI=1S/C21H25N5O4S/c1-3-19(26-12-11-23-20(27)15(26)2)31(29,30)18-8-6-17(7-9-18)25-21(28)24-14-16-5-4-10-22-13-16/h3-10,13,15,19H,1,11-12,14H2,2H3,(H,23,27)(H2,24,25,28). The van der Waals surface area contributed by atoms with Crippen molar-refractivity contribution in [2.45, 2.75) is 29.8 Å². The molecule has 1 aromatic carbocycles. The second-order valence-electron chi connectivity index (χ2n) is 7.07. The number of pyridine rings is 1. The maximum atomic E-state index is 13.2. The van der Waals surface area contributed by atoms with Gasteiger partial charge in [-0.25, -0.2) is 13.2 Å². The highest BCUT2D eigenvalue weighted by atomic mass is 32.2. The van der Waals surface area contributed by atoms with Crippen LogP contribution in [0.25, 0.3) is 0 Å². The average molecular weight is 444 g/mol. The summed E-state index contributed by atoms with van der Waals surface area (Å²) in [6.07, 6.45) is 4.64. The third kappa shape index (κ3) is 5.28. The molecule has 1 aromatic heterocycles. The molecule has 0 spiro atoms. The predicted molar refractivity (Wildman–Crippen MR) is 117 cm³/mol. The molecule has 2 atom stereocenters. The first-order valence-corrected chi connectivity index (χ1v) is 11.3. The summed E-state index contributed by atoms with van der Waals surface area (Å²) in [7, 11) is -3.81. The molecular weight excluding hydrogens is 418 g/mol. The number of carbonyl (C=O) groups excluding carboxylic acids is 2. The number of nitrogens with one attached hydrogen (secondary N) is 3. The van der Waals surface area contributed by atoms with Crippen LogP contribution in [-0.4, -0.2) is 54.7 Å². The molecule has 10 heteroatoms. The van der Waals surface area contributed by atoms with E-state index in [2.05, 4.69) is 27.5 Å². The molecule has 3 amide bonds. The van der Waals surface area contributed by atoms with Crippen molar-refractivity contribution in [3.05, 3.63) is 67.0 Å². The first-order valence-electron chi connectivity index (χ1n) is 9.76. The van der Waals surface area contributed by atoms with Crippen LogP contribution in [0.2, 0.25) is 0 Å². The van der Waals surface area contributed by atoms with Crippen molar-refractivity contribution in [3.8, 4) is 0 Å². The minimum atomic E-state index is -3.81. The van der Waals surface area contributed by atoms with E-state index in [1.165, 1.54) is 30.3 Å². The number of hydrogen-bond donors (Lipinski definition) is 3. The van der Waals surface area contributed by atoms with Crippen LogP contribution in [0.3, 0.4) is 0 Å². The van der Waals surface area contributed by atoms with Crippen LogP contribution in [0.4, 0.5) is 10.5 Å². The Labute approximate surface area is 181 Å². The molecule has 0 saturated carbocycles. The number of sulfone groups is 1. The minimum Gasteiger partial charge on any atom is -0.353 e. The summed E-state index contributed by atoms with van der Waals surface area (Å²) in [5, 5.41) is 7.05. The number of anilines is 1. The fourth-order valence-corrected chi connectivity index (χ4v) is 5.01. The highest BCUT2D eigenvalue weighted by molar-refractivity contribution is 7.92. The van der Waals surface area contributed by atoms with Crippen LogP contribution < -0.4 is 16.0 Å². The Morgan fingerprint density at radius 2 is 2.10 bits per heavy atom. The Kier molecular flexibility index (Phi) is 7.03. The van der Waals surface area contributed by atoms with Crippen molar-refractivity contribution in [3.63, 3.8) is 0 Å². The Hall–Kier alpha value is -3.24. The zero-order chi connectivity index (χ0) is 22.4. The number of rotatable bonds is 7. The molecule has 3 N–H and O–H groups in total. The number of amides is 3. The number of benzene rings is 1. The summed E-state index contributed by atoms with van der Waals surface area (Å²) in [6.45, 7) is 6.42. The lowest BCUT2D eigenvalue weighted by molar-refractivity contribution is -0.128. The second kappa shape index (κ2) is 9.71. The lowest BCUT2D eigenvalue weighted by Gasteiger charge is -2.37. The zero-order valence-corrected chi connectivity index (χ0v) is 17.9. The summed E-state index contributed by atoms with van der Waals surface area (Å²) in [5.41, 5.74) is 1.30. The van der Waals surface area contributed by atoms with Gasteiger partial charge in [0.1, 0.15) is 5.37 Å². The lowest BCUT2D eigenvalue weighted by Crippen LogP contribution is -2.58. The highest BCUT2D eigenvalue weighted by Crippen LogP contribution is 2.24. The summed E-state index contributed by atoms with van der Waals surface area (Å²) >= 11 is 0. The monoisotopic (exact) mass is 443 g/mol. The van der Waals surface area contributed by atoms with Crippen molar-refractivity contribution in [1.82, 2.24) is 20.5 Å². The number of nitrogens with zero attached hydrogens (tertiary/aromatic N) is 2. The minimum absolute atomic E-state index is 0.0805. The van der Waals surface area contributed by atoms with Gasteiger partial charge in [-0.05, 0) is 42.8 Å². The van der Waals surface area contributed by atoms with Crippen molar-refractivity contribution >= 4 is 27.5 Å². The fourth-order valence-electron chi connectivity index (χ4n) is 3.32. The predicted octanol–water partition coefficient (Wildman–Crippen LogP) is 1.51. The molecule has 0 radical (unpaired) electrons. The van der Waals surface area contributed by atoms with E-state index in [0.29, 0.717) is 25.3 Å². The maximum Gasteiger partial charge on any atom is 0.319 e. The van der Waals surface area contributed by atoms with Gasteiger partial charge in [0.05, 0.1) is 10.9 Å². The van der Waals surface area contributed by atoms with E-state index in [0.717, 1.165) is 5.56 Å². The largest absolute Gasteiger partial charge is 0.353 e. The van der Waals surface area contributed by atoms with E-state index in [1.54, 1.807) is 30.3 Å². The number of aromatic nitrogens is 1. The highest BCUT2D eigenvalue weighted by Gasteiger charge is 2.37. The third-order valence-corrected chi connectivity index (χ3v) is 7.04. The van der Waals surface area contributed by atoms with Gasteiger partial charge in [0.15, 0.2) is 9.84 Å². The van der Waals surface area contributed by atoms with Crippen molar-refractivity contribution in [1.29, 1.82) is 0 Å².